The van der Waals surface area contributed by atoms with Gasteiger partial charge in [0.15, 0.2) is 0 Å². The Hall–Kier alpha value is -3.54. The topological polar surface area (TPSA) is 94.2 Å². The van der Waals surface area contributed by atoms with Crippen molar-refractivity contribution in [3.63, 3.8) is 0 Å². The summed E-state index contributed by atoms with van der Waals surface area (Å²) in [7, 11) is 0. The van der Waals surface area contributed by atoms with Crippen molar-refractivity contribution in [1.29, 1.82) is 0 Å². The molecule has 0 aliphatic carbocycles. The van der Waals surface area contributed by atoms with Gasteiger partial charge in [0.25, 0.3) is 0 Å². The average Bonchev–Trinajstić information content (AvgIpc) is 3.04. The normalized spacial score (nSPS) is 10.9. The molecule has 6 nitrogen and oxygen atoms in total. The highest BCUT2D eigenvalue weighted by molar-refractivity contribution is 5.89. The molecule has 2 aromatic carbocycles. The summed E-state index contributed by atoms with van der Waals surface area (Å²) >= 11 is 0. The summed E-state index contributed by atoms with van der Waals surface area (Å²) < 4.78 is 5.55. The van der Waals surface area contributed by atoms with E-state index in [0.29, 0.717) is 23.5 Å². The van der Waals surface area contributed by atoms with Crippen molar-refractivity contribution in [2.24, 2.45) is 0 Å². The molecule has 0 fully saturated rings. The predicted molar refractivity (Wildman–Crippen MR) is 99.4 cm³/mol. The van der Waals surface area contributed by atoms with Crippen molar-refractivity contribution in [3.8, 4) is 0 Å². The lowest BCUT2D eigenvalue weighted by Crippen LogP contribution is -2.16. The molecule has 0 saturated heterocycles. The van der Waals surface area contributed by atoms with E-state index in [1.807, 2.05) is 36.4 Å². The third-order valence-electron chi connectivity index (χ3n) is 4.02. The van der Waals surface area contributed by atoms with Gasteiger partial charge in [0.1, 0.15) is 5.82 Å². The molecule has 0 atom stereocenters. The maximum absolute atomic E-state index is 6.05. The Bertz CT molecular complexity index is 959. The number of rotatable bonds is 4. The molecule has 0 bridgehead atoms. The van der Waals surface area contributed by atoms with Crippen LogP contribution in [0.4, 0.5) is 23.1 Å². The van der Waals surface area contributed by atoms with Crippen LogP contribution in [0.5, 0.6) is 0 Å². The number of furan rings is 1. The molecule has 0 unspecified atom stereocenters. The molecule has 4 aromatic rings. The number of benzene rings is 2. The van der Waals surface area contributed by atoms with Gasteiger partial charge in [-0.3, -0.25) is 0 Å². The zero-order valence-electron chi connectivity index (χ0n) is 13.5. The number of nitrogen functional groups attached to an aromatic ring is 2. The quantitative estimate of drug-likeness (QED) is 0.592. The molecule has 124 valence electrons. The van der Waals surface area contributed by atoms with E-state index in [1.165, 1.54) is 0 Å². The van der Waals surface area contributed by atoms with Crippen LogP contribution in [0.15, 0.2) is 71.3 Å². The van der Waals surface area contributed by atoms with Crippen molar-refractivity contribution in [3.05, 3.63) is 72.5 Å². The number of fused-ring (bicyclic) bond motifs is 1. The summed E-state index contributed by atoms with van der Waals surface area (Å²) in [5.41, 5.74) is 15.1. The van der Waals surface area contributed by atoms with E-state index < -0.39 is 0 Å². The van der Waals surface area contributed by atoms with Crippen LogP contribution in [-0.4, -0.2) is 9.97 Å². The highest BCUT2D eigenvalue weighted by Crippen LogP contribution is 2.31. The van der Waals surface area contributed by atoms with E-state index in [2.05, 4.69) is 39.1 Å². The summed E-state index contributed by atoms with van der Waals surface area (Å²) in [6.07, 6.45) is 1.66. The van der Waals surface area contributed by atoms with Crippen LogP contribution in [-0.2, 0) is 6.54 Å². The van der Waals surface area contributed by atoms with E-state index in [-0.39, 0.29) is 5.95 Å². The first kappa shape index (κ1) is 15.0. The number of anilines is 4. The highest BCUT2D eigenvalue weighted by atomic mass is 16.3. The number of para-hydroxylation sites is 2. The van der Waals surface area contributed by atoms with E-state index in [9.17, 15) is 0 Å². The fourth-order valence-electron chi connectivity index (χ4n) is 2.88. The van der Waals surface area contributed by atoms with Crippen LogP contribution in [0, 0.1) is 0 Å². The van der Waals surface area contributed by atoms with Crippen molar-refractivity contribution < 1.29 is 4.42 Å². The SMILES string of the molecule is Nc1nc(N)c2c(CN(c3ccccc3)c3ccccc3)coc2n1. The van der Waals surface area contributed by atoms with Gasteiger partial charge in [0, 0.05) is 16.9 Å². The van der Waals surface area contributed by atoms with E-state index >= 15 is 0 Å². The van der Waals surface area contributed by atoms with Gasteiger partial charge in [0.2, 0.25) is 11.7 Å². The molecule has 2 heterocycles. The molecule has 0 aliphatic rings. The number of nitrogens with zero attached hydrogens (tertiary/aromatic N) is 3. The van der Waals surface area contributed by atoms with Gasteiger partial charge in [-0.1, -0.05) is 36.4 Å². The van der Waals surface area contributed by atoms with E-state index in [0.717, 1.165) is 16.9 Å². The Morgan fingerprint density at radius 3 is 2.04 bits per heavy atom. The molecular formula is C19H17N5O. The van der Waals surface area contributed by atoms with E-state index in [4.69, 9.17) is 15.9 Å². The molecule has 2 aromatic heterocycles. The first-order valence-corrected chi connectivity index (χ1v) is 7.89. The van der Waals surface area contributed by atoms with Crippen LogP contribution in [0.1, 0.15) is 5.56 Å². The maximum atomic E-state index is 6.05. The number of aromatic nitrogens is 2. The van der Waals surface area contributed by atoms with Crippen LogP contribution >= 0.6 is 0 Å². The smallest absolute Gasteiger partial charge is 0.233 e. The molecule has 0 saturated carbocycles. The summed E-state index contributed by atoms with van der Waals surface area (Å²) in [6, 6.07) is 20.3. The lowest BCUT2D eigenvalue weighted by molar-refractivity contribution is 0.598. The van der Waals surface area contributed by atoms with Gasteiger partial charge < -0.3 is 20.8 Å². The van der Waals surface area contributed by atoms with Gasteiger partial charge >= 0.3 is 0 Å². The van der Waals surface area contributed by atoms with Crippen LogP contribution in [0.2, 0.25) is 0 Å². The monoisotopic (exact) mass is 331 g/mol. The number of nitrogens with two attached hydrogens (primary N) is 2. The van der Waals surface area contributed by atoms with Crippen molar-refractivity contribution in [1.82, 2.24) is 9.97 Å². The van der Waals surface area contributed by atoms with E-state index in [1.54, 1.807) is 6.26 Å². The van der Waals surface area contributed by atoms with Gasteiger partial charge in [0.05, 0.1) is 18.2 Å². The van der Waals surface area contributed by atoms with Crippen LogP contribution < -0.4 is 16.4 Å². The minimum atomic E-state index is 0.105. The second-order valence-corrected chi connectivity index (χ2v) is 5.67. The molecule has 6 heteroatoms. The third-order valence-corrected chi connectivity index (χ3v) is 4.02. The summed E-state index contributed by atoms with van der Waals surface area (Å²) in [4.78, 5) is 10.3. The lowest BCUT2D eigenvalue weighted by Gasteiger charge is -2.24. The highest BCUT2D eigenvalue weighted by Gasteiger charge is 2.17. The molecule has 4 N–H and O–H groups in total. The average molecular weight is 331 g/mol. The Morgan fingerprint density at radius 2 is 1.44 bits per heavy atom. The van der Waals surface area contributed by atoms with Crippen molar-refractivity contribution >= 4 is 34.2 Å². The fraction of sp³-hybridized carbons (Fsp3) is 0.0526. The summed E-state index contributed by atoms with van der Waals surface area (Å²) in [5, 5.41) is 0.700. The number of hydrogen-bond acceptors (Lipinski definition) is 6. The molecular weight excluding hydrogens is 314 g/mol. The summed E-state index contributed by atoms with van der Waals surface area (Å²) in [5.74, 6) is 0.432. The third kappa shape index (κ3) is 2.85. The fourth-order valence-corrected chi connectivity index (χ4v) is 2.88. The Labute approximate surface area is 144 Å². The molecule has 0 radical (unpaired) electrons. The van der Waals surface area contributed by atoms with Crippen LogP contribution in [0.25, 0.3) is 11.1 Å². The second kappa shape index (κ2) is 6.16. The zero-order valence-corrected chi connectivity index (χ0v) is 13.5. The van der Waals surface area contributed by atoms with Crippen molar-refractivity contribution in [2.75, 3.05) is 16.4 Å². The Morgan fingerprint density at radius 1 is 0.840 bits per heavy atom. The standard InChI is InChI=1S/C19H17N5O/c20-17-16-13(12-25-18(16)23-19(21)22-17)11-24(14-7-3-1-4-8-14)15-9-5-2-6-10-15/h1-10,12H,11H2,(H4,20,21,22,23). The predicted octanol–water partition coefficient (Wildman–Crippen LogP) is 3.73. The molecule has 0 amide bonds. The van der Waals surface area contributed by atoms with Crippen molar-refractivity contribution in [2.45, 2.75) is 6.54 Å². The largest absolute Gasteiger partial charge is 0.446 e. The number of hydrogen-bond donors (Lipinski definition) is 2. The molecule has 0 aliphatic heterocycles. The van der Waals surface area contributed by atoms with Gasteiger partial charge in [-0.05, 0) is 24.3 Å². The van der Waals surface area contributed by atoms with Gasteiger partial charge in [-0.15, -0.1) is 0 Å². The minimum absolute atomic E-state index is 0.105. The summed E-state index contributed by atoms with van der Waals surface area (Å²) in [6.45, 7) is 0.568. The zero-order chi connectivity index (χ0) is 17.2. The second-order valence-electron chi connectivity index (χ2n) is 5.67. The Balaban J connectivity index is 1.80. The first-order valence-electron chi connectivity index (χ1n) is 7.89. The maximum Gasteiger partial charge on any atom is 0.233 e. The molecule has 25 heavy (non-hydrogen) atoms. The van der Waals surface area contributed by atoms with Crippen LogP contribution in [0.3, 0.4) is 0 Å². The Kier molecular flexibility index (Phi) is 3.70. The molecule has 0 spiro atoms. The van der Waals surface area contributed by atoms with Gasteiger partial charge in [-0.25, -0.2) is 0 Å². The molecule has 4 rings (SSSR count). The lowest BCUT2D eigenvalue weighted by atomic mass is 10.1. The van der Waals surface area contributed by atoms with Gasteiger partial charge in [-0.2, -0.15) is 9.97 Å². The minimum Gasteiger partial charge on any atom is -0.446 e. The first-order chi connectivity index (χ1) is 12.2.